The molecule has 1 atom stereocenters. The van der Waals surface area contributed by atoms with E-state index in [0.717, 1.165) is 5.56 Å². The van der Waals surface area contributed by atoms with Gasteiger partial charge in [-0.2, -0.15) is 0 Å². The molecule has 1 unspecified atom stereocenters. The Morgan fingerprint density at radius 1 is 1.25 bits per heavy atom. The van der Waals surface area contributed by atoms with Gasteiger partial charge in [-0.05, 0) is 12.0 Å². The van der Waals surface area contributed by atoms with Crippen LogP contribution < -0.4 is 5.73 Å². The maximum absolute atomic E-state index is 10.4. The van der Waals surface area contributed by atoms with Gasteiger partial charge in [0.2, 0.25) is 0 Å². The Kier molecular flexibility index (Phi) is 7.14. The Balaban J connectivity index is 0.000000487. The van der Waals surface area contributed by atoms with Crippen LogP contribution in [0.4, 0.5) is 0 Å². The van der Waals surface area contributed by atoms with E-state index in [0.29, 0.717) is 6.42 Å². The first-order valence-corrected chi connectivity index (χ1v) is 4.50. The van der Waals surface area contributed by atoms with Crippen molar-refractivity contribution in [3.05, 3.63) is 35.9 Å². The lowest BCUT2D eigenvalue weighted by atomic mass is 10.1. The number of carboxylic acid groups (broad SMARTS) is 1. The molecule has 0 aliphatic rings. The minimum Gasteiger partial charge on any atom is -0.480 e. The van der Waals surface area contributed by atoms with Gasteiger partial charge in [-0.15, -0.1) is 0 Å². The molecular weight excluding hydrogens is 213 g/mol. The van der Waals surface area contributed by atoms with Crippen molar-refractivity contribution in [2.24, 2.45) is 5.73 Å². The third kappa shape index (κ3) is 7.95. The molecule has 0 radical (unpaired) electrons. The van der Waals surface area contributed by atoms with E-state index in [1.54, 1.807) is 0 Å². The van der Waals surface area contributed by atoms with Crippen molar-refractivity contribution in [1.29, 1.82) is 0 Å². The van der Waals surface area contributed by atoms with Crippen LogP contribution in [0.15, 0.2) is 30.3 Å². The molecule has 0 fully saturated rings. The van der Waals surface area contributed by atoms with Crippen molar-refractivity contribution in [3.8, 4) is 0 Å². The fraction of sp³-hybridized carbons (Fsp3) is 0.222. The summed E-state index contributed by atoms with van der Waals surface area (Å²) in [5, 5.41) is 30.0. The topological polar surface area (TPSA) is 124 Å². The summed E-state index contributed by atoms with van der Waals surface area (Å²) in [6.45, 7) is 0. The van der Waals surface area contributed by atoms with Gasteiger partial charge in [0, 0.05) is 0 Å². The van der Waals surface area contributed by atoms with Crippen LogP contribution in [0.3, 0.4) is 0 Å². The molecule has 0 saturated carbocycles. The van der Waals surface area contributed by atoms with Gasteiger partial charge in [0.15, 0.2) is 0 Å². The summed E-state index contributed by atoms with van der Waals surface area (Å²) in [5.74, 6) is -0.959. The van der Waals surface area contributed by atoms with Crippen molar-refractivity contribution in [3.63, 3.8) is 0 Å². The predicted octanol–water partition coefficient (Wildman–Crippen LogP) is -1.41. The summed E-state index contributed by atoms with van der Waals surface area (Å²) >= 11 is 0. The highest BCUT2D eigenvalue weighted by atomic mass is 16.5. The Morgan fingerprint density at radius 3 is 2.06 bits per heavy atom. The highest BCUT2D eigenvalue weighted by molar-refractivity contribution is 6.30. The normalized spacial score (nSPS) is 11.0. The van der Waals surface area contributed by atoms with Crippen LogP contribution in [-0.4, -0.2) is 39.5 Å². The molecule has 0 aliphatic carbocycles. The molecule has 0 heterocycles. The van der Waals surface area contributed by atoms with E-state index in [2.05, 4.69) is 0 Å². The lowest BCUT2D eigenvalue weighted by Gasteiger charge is -2.04. The van der Waals surface area contributed by atoms with E-state index < -0.39 is 19.3 Å². The zero-order valence-corrected chi connectivity index (χ0v) is 8.52. The molecule has 1 aromatic carbocycles. The van der Waals surface area contributed by atoms with Gasteiger partial charge >= 0.3 is 13.3 Å². The zero-order chi connectivity index (χ0) is 12.6. The first kappa shape index (κ1) is 14.6. The second-order valence-electron chi connectivity index (χ2n) is 2.98. The van der Waals surface area contributed by atoms with Gasteiger partial charge in [-0.3, -0.25) is 4.79 Å². The Morgan fingerprint density at radius 2 is 1.69 bits per heavy atom. The molecule has 0 aliphatic heterocycles. The largest absolute Gasteiger partial charge is 0.631 e. The molecule has 6 N–H and O–H groups in total. The molecule has 0 saturated heterocycles. The van der Waals surface area contributed by atoms with Gasteiger partial charge < -0.3 is 25.9 Å². The smallest absolute Gasteiger partial charge is 0.480 e. The lowest BCUT2D eigenvalue weighted by molar-refractivity contribution is -0.138. The van der Waals surface area contributed by atoms with Crippen molar-refractivity contribution >= 4 is 13.3 Å². The Labute approximate surface area is 93.1 Å². The summed E-state index contributed by atoms with van der Waals surface area (Å²) in [5.41, 5.74) is 6.30. The molecule has 0 amide bonds. The molecule has 0 bridgehead atoms. The molecule has 88 valence electrons. The number of hydrogen-bond donors (Lipinski definition) is 5. The predicted molar refractivity (Wildman–Crippen MR) is 58.2 cm³/mol. The number of benzene rings is 1. The summed E-state index contributed by atoms with van der Waals surface area (Å²) < 4.78 is 0. The second-order valence-corrected chi connectivity index (χ2v) is 2.98. The molecule has 0 aromatic heterocycles. The van der Waals surface area contributed by atoms with Crippen LogP contribution >= 0.6 is 0 Å². The van der Waals surface area contributed by atoms with E-state index in [4.69, 9.17) is 25.9 Å². The fourth-order valence-electron chi connectivity index (χ4n) is 0.955. The van der Waals surface area contributed by atoms with Crippen LogP contribution in [0.2, 0.25) is 0 Å². The van der Waals surface area contributed by atoms with Gasteiger partial charge in [-0.25, -0.2) is 0 Å². The van der Waals surface area contributed by atoms with Crippen LogP contribution in [0.25, 0.3) is 0 Å². The van der Waals surface area contributed by atoms with Crippen LogP contribution in [0, 0.1) is 0 Å². The van der Waals surface area contributed by atoms with E-state index in [1.165, 1.54) is 0 Å². The quantitative estimate of drug-likeness (QED) is 0.404. The highest BCUT2D eigenvalue weighted by Crippen LogP contribution is 2.01. The average molecular weight is 227 g/mol. The molecule has 1 rings (SSSR count). The van der Waals surface area contributed by atoms with Crippen LogP contribution in [0.5, 0.6) is 0 Å². The third-order valence-electron chi connectivity index (χ3n) is 1.62. The zero-order valence-electron chi connectivity index (χ0n) is 8.52. The Bertz CT molecular complexity index is 303. The van der Waals surface area contributed by atoms with Crippen molar-refractivity contribution < 1.29 is 25.0 Å². The standard InChI is InChI=1S/C9H11NO2.BH3O3/c10-8(9(11)12)6-7-4-2-1-3-5-7;2-1(3)4/h1-5,8H,6,10H2,(H,11,12);2-4H. The van der Waals surface area contributed by atoms with E-state index in [-0.39, 0.29) is 0 Å². The van der Waals surface area contributed by atoms with Gasteiger partial charge in [-0.1, -0.05) is 30.3 Å². The fourth-order valence-corrected chi connectivity index (χ4v) is 0.955. The molecule has 1 aromatic rings. The molecule has 7 heteroatoms. The number of aliphatic carboxylic acids is 1. The highest BCUT2D eigenvalue weighted by Gasteiger charge is 2.10. The molecule has 16 heavy (non-hydrogen) atoms. The summed E-state index contributed by atoms with van der Waals surface area (Å²) in [6, 6.07) is 8.54. The monoisotopic (exact) mass is 227 g/mol. The first-order chi connectivity index (χ1) is 7.43. The molecular formula is C9H14BNO5. The minimum atomic E-state index is -2.17. The maximum Gasteiger partial charge on any atom is 0.631 e. The minimum absolute atomic E-state index is 0.385. The van der Waals surface area contributed by atoms with Crippen molar-refractivity contribution in [2.45, 2.75) is 12.5 Å². The van der Waals surface area contributed by atoms with Gasteiger partial charge in [0.05, 0.1) is 0 Å². The second kappa shape index (κ2) is 7.83. The first-order valence-electron chi connectivity index (χ1n) is 4.50. The SMILES string of the molecule is NC(Cc1ccccc1)C(=O)O.OB(O)O. The van der Waals surface area contributed by atoms with Crippen LogP contribution in [0.1, 0.15) is 5.56 Å². The van der Waals surface area contributed by atoms with Crippen molar-refractivity contribution in [2.75, 3.05) is 0 Å². The van der Waals surface area contributed by atoms with Gasteiger partial charge in [0.25, 0.3) is 0 Å². The number of hydrogen-bond acceptors (Lipinski definition) is 5. The summed E-state index contributed by atoms with van der Waals surface area (Å²) in [6.07, 6.45) is 0.385. The number of nitrogens with two attached hydrogens (primary N) is 1. The summed E-state index contributed by atoms with van der Waals surface area (Å²) in [4.78, 5) is 10.4. The molecule has 6 nitrogen and oxygen atoms in total. The van der Waals surface area contributed by atoms with Gasteiger partial charge in [0.1, 0.15) is 6.04 Å². The number of carboxylic acids is 1. The van der Waals surface area contributed by atoms with E-state index in [9.17, 15) is 4.79 Å². The van der Waals surface area contributed by atoms with Crippen LogP contribution in [-0.2, 0) is 11.2 Å². The van der Waals surface area contributed by atoms with E-state index in [1.807, 2.05) is 30.3 Å². The lowest BCUT2D eigenvalue weighted by Crippen LogP contribution is -2.32. The molecule has 0 spiro atoms. The van der Waals surface area contributed by atoms with E-state index >= 15 is 0 Å². The maximum atomic E-state index is 10.4. The number of carbonyl (C=O) groups is 1. The summed E-state index contributed by atoms with van der Waals surface area (Å²) in [7, 11) is -2.17. The average Bonchev–Trinajstić information content (AvgIpc) is 2.18. The third-order valence-corrected chi connectivity index (χ3v) is 1.62. The number of rotatable bonds is 3. The Hall–Kier alpha value is -1.41. The van der Waals surface area contributed by atoms with Crippen molar-refractivity contribution in [1.82, 2.24) is 0 Å².